The summed E-state index contributed by atoms with van der Waals surface area (Å²) in [5, 5.41) is 33.7. The number of hydrogen-bond donors (Lipinski definition) is 7. The summed E-state index contributed by atoms with van der Waals surface area (Å²) < 4.78 is 5.24. The van der Waals surface area contributed by atoms with Crippen molar-refractivity contribution in [1.82, 2.24) is 9.97 Å². The first-order valence-corrected chi connectivity index (χ1v) is 7.34. The molecule has 1 aromatic heterocycles. The molecule has 1 aromatic rings. The zero-order chi connectivity index (χ0) is 18.0. The Kier molecular flexibility index (Phi) is 5.39. The number of aliphatic hydroxyl groups is 3. The van der Waals surface area contributed by atoms with E-state index in [0.717, 1.165) is 0 Å². The summed E-state index contributed by atoms with van der Waals surface area (Å²) in [7, 11) is 0. The number of aromatic amines is 1. The normalized spacial score (nSPS) is 26.6. The van der Waals surface area contributed by atoms with Gasteiger partial charge in [0, 0.05) is 5.92 Å². The fourth-order valence-corrected chi connectivity index (χ4v) is 2.07. The van der Waals surface area contributed by atoms with Crippen LogP contribution in [0.15, 0.2) is 4.79 Å². The number of carbonyl (C=O) groups is 1. The number of H-pyrrole nitrogens is 1. The Labute approximate surface area is 136 Å². The molecular formula is C13H21N5O6. The number of ether oxygens (including phenoxy) is 1. The second-order valence-electron chi connectivity index (χ2n) is 5.72. The third kappa shape index (κ3) is 3.64. The topological polar surface area (TPSA) is 183 Å². The van der Waals surface area contributed by atoms with Gasteiger partial charge in [-0.25, -0.2) is 0 Å². The van der Waals surface area contributed by atoms with Crippen molar-refractivity contribution in [3.63, 3.8) is 0 Å². The van der Waals surface area contributed by atoms with E-state index in [4.69, 9.17) is 15.6 Å². The van der Waals surface area contributed by atoms with E-state index in [-0.39, 0.29) is 29.3 Å². The third-order valence-electron chi connectivity index (χ3n) is 3.54. The molecule has 2 rings (SSSR count). The standard InChI is InChI=1S/C13H21N5O6/c1-4(2)10(22)17-13-16-9(6(14)11(23)18-13)15-12-8(21)7(20)5(3-19)24-12/h4-5,7-8,12,19-21H,3,14H2,1-2H3,(H3,15,16,17,18,22,23). The second kappa shape index (κ2) is 7.13. The summed E-state index contributed by atoms with van der Waals surface area (Å²) in [6.45, 7) is 2.84. The number of nitrogens with one attached hydrogen (secondary N) is 3. The smallest absolute Gasteiger partial charge is 0.277 e. The van der Waals surface area contributed by atoms with Crippen molar-refractivity contribution in [3.05, 3.63) is 10.4 Å². The van der Waals surface area contributed by atoms with Crippen molar-refractivity contribution in [2.45, 2.75) is 38.4 Å². The summed E-state index contributed by atoms with van der Waals surface area (Å²) in [5.41, 5.74) is 4.66. The van der Waals surface area contributed by atoms with Crippen LogP contribution in [0.2, 0.25) is 0 Å². The molecule has 0 saturated carbocycles. The van der Waals surface area contributed by atoms with Gasteiger partial charge in [-0.2, -0.15) is 4.98 Å². The molecule has 1 saturated heterocycles. The van der Waals surface area contributed by atoms with E-state index in [1.54, 1.807) is 13.8 Å². The van der Waals surface area contributed by atoms with Gasteiger partial charge < -0.3 is 31.1 Å². The highest BCUT2D eigenvalue weighted by Crippen LogP contribution is 2.24. The van der Waals surface area contributed by atoms with Crippen LogP contribution in [0.3, 0.4) is 0 Å². The predicted molar refractivity (Wildman–Crippen MR) is 84.1 cm³/mol. The number of amides is 1. The summed E-state index contributed by atoms with van der Waals surface area (Å²) in [5.74, 6) is -0.943. The van der Waals surface area contributed by atoms with Gasteiger partial charge in [0.15, 0.2) is 12.0 Å². The van der Waals surface area contributed by atoms with Crippen LogP contribution in [0.5, 0.6) is 0 Å². The monoisotopic (exact) mass is 343 g/mol. The maximum absolute atomic E-state index is 11.8. The number of anilines is 3. The number of nitrogens with two attached hydrogens (primary N) is 1. The summed E-state index contributed by atoms with van der Waals surface area (Å²) in [6, 6.07) is 0. The average molecular weight is 343 g/mol. The number of aliphatic hydroxyl groups excluding tert-OH is 3. The van der Waals surface area contributed by atoms with Crippen LogP contribution < -0.4 is 21.9 Å². The van der Waals surface area contributed by atoms with Gasteiger partial charge in [0.25, 0.3) is 5.56 Å². The van der Waals surface area contributed by atoms with Crippen molar-refractivity contribution in [3.8, 4) is 0 Å². The Hall–Kier alpha value is -2.21. The molecule has 1 aliphatic rings. The molecular weight excluding hydrogens is 322 g/mol. The quantitative estimate of drug-likeness (QED) is 0.312. The Morgan fingerprint density at radius 1 is 1.42 bits per heavy atom. The number of aromatic nitrogens is 2. The number of carbonyl (C=O) groups excluding carboxylic acids is 1. The molecule has 8 N–H and O–H groups in total. The van der Waals surface area contributed by atoms with Crippen LogP contribution in [0, 0.1) is 5.92 Å². The first kappa shape index (κ1) is 18.1. The zero-order valence-corrected chi connectivity index (χ0v) is 13.2. The maximum Gasteiger partial charge on any atom is 0.277 e. The van der Waals surface area contributed by atoms with Crippen LogP contribution in [0.1, 0.15) is 13.8 Å². The van der Waals surface area contributed by atoms with Crippen molar-refractivity contribution in [2.75, 3.05) is 23.0 Å². The Morgan fingerprint density at radius 3 is 2.62 bits per heavy atom. The first-order valence-electron chi connectivity index (χ1n) is 7.34. The van der Waals surface area contributed by atoms with Crippen LogP contribution in [0.25, 0.3) is 0 Å². The maximum atomic E-state index is 11.8. The fraction of sp³-hybridized carbons (Fsp3) is 0.615. The van der Waals surface area contributed by atoms with Crippen molar-refractivity contribution in [2.24, 2.45) is 5.92 Å². The highest BCUT2D eigenvalue weighted by atomic mass is 16.6. The van der Waals surface area contributed by atoms with Gasteiger partial charge in [-0.05, 0) is 0 Å². The van der Waals surface area contributed by atoms with E-state index in [1.165, 1.54) is 0 Å². The van der Waals surface area contributed by atoms with E-state index < -0.39 is 36.7 Å². The van der Waals surface area contributed by atoms with E-state index in [9.17, 15) is 19.8 Å². The third-order valence-corrected chi connectivity index (χ3v) is 3.54. The van der Waals surface area contributed by atoms with Gasteiger partial charge in [-0.3, -0.25) is 19.9 Å². The van der Waals surface area contributed by atoms with Crippen LogP contribution >= 0.6 is 0 Å². The van der Waals surface area contributed by atoms with Crippen LogP contribution in [-0.2, 0) is 9.53 Å². The Bertz CT molecular complexity index is 663. The van der Waals surface area contributed by atoms with Gasteiger partial charge in [-0.15, -0.1) is 0 Å². The fourth-order valence-electron chi connectivity index (χ4n) is 2.07. The SMILES string of the molecule is CC(C)C(=O)Nc1nc(NC2OC(CO)C(O)C2O)c(N)c(=O)[nH]1. The molecule has 2 heterocycles. The van der Waals surface area contributed by atoms with E-state index in [1.807, 2.05) is 0 Å². The van der Waals surface area contributed by atoms with E-state index in [2.05, 4.69) is 20.6 Å². The molecule has 1 fully saturated rings. The lowest BCUT2D eigenvalue weighted by atomic mass is 10.1. The lowest BCUT2D eigenvalue weighted by Crippen LogP contribution is -2.37. The Balaban J connectivity index is 2.22. The molecule has 134 valence electrons. The molecule has 0 aliphatic carbocycles. The molecule has 1 amide bonds. The minimum Gasteiger partial charge on any atom is -0.394 e. The predicted octanol–water partition coefficient (Wildman–Crippen LogP) is -2.20. The Morgan fingerprint density at radius 2 is 2.08 bits per heavy atom. The van der Waals surface area contributed by atoms with Gasteiger partial charge in [-0.1, -0.05) is 13.8 Å². The number of nitrogens with zero attached hydrogens (tertiary/aromatic N) is 1. The number of hydrogen-bond acceptors (Lipinski definition) is 9. The van der Waals surface area contributed by atoms with Crippen molar-refractivity contribution >= 4 is 23.4 Å². The molecule has 1 aliphatic heterocycles. The minimum absolute atomic E-state index is 0.123. The molecule has 0 aromatic carbocycles. The van der Waals surface area contributed by atoms with Crippen LogP contribution in [0.4, 0.5) is 17.5 Å². The second-order valence-corrected chi connectivity index (χ2v) is 5.72. The molecule has 11 heteroatoms. The van der Waals surface area contributed by atoms with E-state index >= 15 is 0 Å². The zero-order valence-electron chi connectivity index (χ0n) is 13.2. The molecule has 0 radical (unpaired) electrons. The van der Waals surface area contributed by atoms with Gasteiger partial charge >= 0.3 is 0 Å². The largest absolute Gasteiger partial charge is 0.394 e. The molecule has 11 nitrogen and oxygen atoms in total. The lowest BCUT2D eigenvalue weighted by Gasteiger charge is -2.18. The highest BCUT2D eigenvalue weighted by Gasteiger charge is 2.42. The first-order chi connectivity index (χ1) is 11.2. The van der Waals surface area contributed by atoms with Crippen molar-refractivity contribution in [1.29, 1.82) is 0 Å². The summed E-state index contributed by atoms with van der Waals surface area (Å²) >= 11 is 0. The molecule has 4 unspecified atom stereocenters. The van der Waals surface area contributed by atoms with E-state index in [0.29, 0.717) is 0 Å². The lowest BCUT2D eigenvalue weighted by molar-refractivity contribution is -0.118. The van der Waals surface area contributed by atoms with Gasteiger partial charge in [0.05, 0.1) is 6.61 Å². The van der Waals surface area contributed by atoms with Crippen LogP contribution in [-0.4, -0.2) is 62.3 Å². The molecule has 4 atom stereocenters. The average Bonchev–Trinajstić information content (AvgIpc) is 2.79. The van der Waals surface area contributed by atoms with Gasteiger partial charge in [0.2, 0.25) is 11.9 Å². The highest BCUT2D eigenvalue weighted by molar-refractivity contribution is 5.90. The van der Waals surface area contributed by atoms with Gasteiger partial charge in [0.1, 0.15) is 24.0 Å². The molecule has 0 bridgehead atoms. The molecule has 24 heavy (non-hydrogen) atoms. The molecule has 0 spiro atoms. The number of rotatable bonds is 5. The van der Waals surface area contributed by atoms with Crippen molar-refractivity contribution < 1.29 is 24.9 Å². The summed E-state index contributed by atoms with van der Waals surface area (Å²) in [6.07, 6.45) is -4.80. The summed E-state index contributed by atoms with van der Waals surface area (Å²) in [4.78, 5) is 29.8. The minimum atomic E-state index is -1.36. The number of nitrogen functional groups attached to an aromatic ring is 1.